The van der Waals surface area contributed by atoms with Crippen LogP contribution in [0.2, 0.25) is 0 Å². The molecule has 32 heavy (non-hydrogen) atoms. The highest BCUT2D eigenvalue weighted by molar-refractivity contribution is 5.83. The molecule has 1 amide bonds. The molecule has 2 N–H and O–H groups in total. The molecule has 3 saturated carbocycles. The number of aliphatic hydroxyl groups is 1. The largest absolute Gasteiger partial charge is 0.393 e. The van der Waals surface area contributed by atoms with E-state index in [0.29, 0.717) is 48.2 Å². The van der Waals surface area contributed by atoms with Crippen LogP contribution in [0.15, 0.2) is 0 Å². The minimum atomic E-state index is -0.209. The summed E-state index contributed by atoms with van der Waals surface area (Å²) in [6.07, 6.45) is 9.44. The number of hydrogen-bond donors (Lipinski definition) is 2. The Kier molecular flexibility index (Phi) is 10.2. The summed E-state index contributed by atoms with van der Waals surface area (Å²) in [5.41, 5.74) is 0.233. The molecule has 0 radical (unpaired) electrons. The Hall–Kier alpha value is -0.900. The third-order valence-electron chi connectivity index (χ3n) is 9.01. The lowest BCUT2D eigenvalue weighted by Gasteiger charge is -2.58. The van der Waals surface area contributed by atoms with Gasteiger partial charge < -0.3 is 10.4 Å². The quantitative estimate of drug-likeness (QED) is 0.490. The molecule has 3 rings (SSSR count). The zero-order chi connectivity index (χ0) is 24.1. The molecule has 3 fully saturated rings. The van der Waals surface area contributed by atoms with Gasteiger partial charge in [0.2, 0.25) is 5.91 Å². The van der Waals surface area contributed by atoms with Crippen molar-refractivity contribution in [3.05, 3.63) is 0 Å². The number of amides is 1. The number of hydrogen-bond acceptors (Lipinski definition) is 3. The Labute approximate surface area is 197 Å². The first kappa shape index (κ1) is 27.3. The van der Waals surface area contributed by atoms with E-state index in [0.717, 1.165) is 38.5 Å². The third-order valence-corrected chi connectivity index (χ3v) is 9.01. The van der Waals surface area contributed by atoms with E-state index in [4.69, 9.17) is 0 Å². The van der Waals surface area contributed by atoms with Gasteiger partial charge in [-0.05, 0) is 93.8 Å². The molecule has 0 heterocycles. The molecule has 186 valence electrons. The lowest BCUT2D eigenvalue weighted by atomic mass is 9.46. The second-order valence-corrected chi connectivity index (χ2v) is 11.4. The maximum absolute atomic E-state index is 13.3. The Morgan fingerprint density at radius 1 is 1.19 bits per heavy atom. The van der Waals surface area contributed by atoms with Crippen molar-refractivity contribution >= 4 is 11.7 Å². The van der Waals surface area contributed by atoms with E-state index in [1.54, 1.807) is 0 Å². The van der Waals surface area contributed by atoms with Gasteiger partial charge in [-0.2, -0.15) is 0 Å². The van der Waals surface area contributed by atoms with Gasteiger partial charge in [0.1, 0.15) is 5.78 Å². The normalized spacial score (nSPS) is 37.6. The van der Waals surface area contributed by atoms with Gasteiger partial charge >= 0.3 is 0 Å². The predicted molar refractivity (Wildman–Crippen MR) is 132 cm³/mol. The fourth-order valence-electron chi connectivity index (χ4n) is 7.45. The number of aliphatic hydroxyl groups excluding tert-OH is 1. The van der Waals surface area contributed by atoms with E-state index in [9.17, 15) is 14.7 Å². The molecule has 0 aromatic heterocycles. The lowest BCUT2D eigenvalue weighted by Crippen LogP contribution is -2.55. The van der Waals surface area contributed by atoms with E-state index < -0.39 is 0 Å². The van der Waals surface area contributed by atoms with Crippen LogP contribution < -0.4 is 5.32 Å². The Balaban J connectivity index is 0.00000176. The maximum atomic E-state index is 13.3. The van der Waals surface area contributed by atoms with Crippen molar-refractivity contribution < 1.29 is 14.7 Å². The molecular formula is C28H51NO3. The van der Waals surface area contributed by atoms with E-state index in [-0.39, 0.29) is 29.4 Å². The minimum absolute atomic E-state index is 0.161. The van der Waals surface area contributed by atoms with Gasteiger partial charge in [-0.3, -0.25) is 9.59 Å². The molecule has 8 atom stereocenters. The average Bonchev–Trinajstić information content (AvgIpc) is 2.75. The molecule has 4 heteroatoms. The predicted octanol–water partition coefficient (Wildman–Crippen LogP) is 6.15. The fraction of sp³-hybridized carbons (Fsp3) is 0.929. The second-order valence-electron chi connectivity index (χ2n) is 11.4. The highest BCUT2D eigenvalue weighted by Gasteiger charge is 2.57. The molecule has 0 bridgehead atoms. The van der Waals surface area contributed by atoms with E-state index in [2.05, 4.69) is 26.1 Å². The summed E-state index contributed by atoms with van der Waals surface area (Å²) in [4.78, 5) is 25.3. The van der Waals surface area contributed by atoms with Crippen LogP contribution in [-0.2, 0) is 9.59 Å². The summed E-state index contributed by atoms with van der Waals surface area (Å²) in [5, 5.41) is 13.2. The summed E-state index contributed by atoms with van der Waals surface area (Å²) < 4.78 is 0. The van der Waals surface area contributed by atoms with Gasteiger partial charge in [-0.15, -0.1) is 0 Å². The van der Waals surface area contributed by atoms with Crippen LogP contribution in [0.3, 0.4) is 0 Å². The number of Topliss-reactive ketones (excluding diaryl/α,β-unsaturated/α-hetero) is 1. The van der Waals surface area contributed by atoms with Crippen LogP contribution in [0.1, 0.15) is 113 Å². The average molecular weight is 450 g/mol. The van der Waals surface area contributed by atoms with Gasteiger partial charge in [0.25, 0.3) is 0 Å². The summed E-state index contributed by atoms with van der Waals surface area (Å²) in [6, 6.07) is 0.205. The number of carbonyl (C=O) groups excluding carboxylic acids is 2. The fourth-order valence-corrected chi connectivity index (χ4v) is 7.45. The van der Waals surface area contributed by atoms with Crippen LogP contribution in [0.5, 0.6) is 0 Å². The highest BCUT2D eigenvalue weighted by atomic mass is 16.3. The first-order valence-electron chi connectivity index (χ1n) is 13.7. The van der Waals surface area contributed by atoms with Crippen LogP contribution >= 0.6 is 0 Å². The van der Waals surface area contributed by atoms with Crippen molar-refractivity contribution in [2.75, 3.05) is 0 Å². The van der Waals surface area contributed by atoms with Crippen LogP contribution in [0.25, 0.3) is 0 Å². The van der Waals surface area contributed by atoms with E-state index in [1.165, 1.54) is 12.8 Å². The number of nitrogens with one attached hydrogen (secondary N) is 1. The minimum Gasteiger partial charge on any atom is -0.393 e. The summed E-state index contributed by atoms with van der Waals surface area (Å²) in [6.45, 7) is 15.0. The molecule has 6 unspecified atom stereocenters. The summed E-state index contributed by atoms with van der Waals surface area (Å²) in [5.74, 6) is 3.37. The van der Waals surface area contributed by atoms with Crippen LogP contribution in [0.4, 0.5) is 0 Å². The molecule has 0 aromatic carbocycles. The molecular weight excluding hydrogens is 398 g/mol. The van der Waals surface area contributed by atoms with E-state index in [1.807, 2.05) is 27.7 Å². The first-order valence-corrected chi connectivity index (χ1v) is 13.7. The van der Waals surface area contributed by atoms with Crippen LogP contribution in [-0.4, -0.2) is 28.9 Å². The second kappa shape index (κ2) is 12.0. The zero-order valence-electron chi connectivity index (χ0n) is 22.0. The molecule has 0 spiro atoms. The summed E-state index contributed by atoms with van der Waals surface area (Å²) in [7, 11) is 0. The number of carbonyl (C=O) groups is 2. The molecule has 4 nitrogen and oxygen atoms in total. The van der Waals surface area contributed by atoms with Gasteiger partial charge in [0.15, 0.2) is 0 Å². The van der Waals surface area contributed by atoms with Crippen molar-refractivity contribution in [3.8, 4) is 0 Å². The van der Waals surface area contributed by atoms with Crippen molar-refractivity contribution in [3.63, 3.8) is 0 Å². The Bertz CT molecular complexity index is 618. The number of ketones is 1. The van der Waals surface area contributed by atoms with Crippen molar-refractivity contribution in [1.29, 1.82) is 0 Å². The summed E-state index contributed by atoms with van der Waals surface area (Å²) >= 11 is 0. The Morgan fingerprint density at radius 2 is 1.88 bits per heavy atom. The van der Waals surface area contributed by atoms with Crippen molar-refractivity contribution in [2.45, 2.75) is 125 Å². The standard InChI is InChI=1S/C26H45NO3.C2H6/c1-6-21-18(13-17(4)7-10-24(30)27-16(2)3)8-9-22-25(21)23(29)15-19-14-20(28)11-12-26(19,22)5;1-2/h16-22,25,28H,6-15H2,1-5H3,(H,27,30);1-2H3/t17?,18?,19-,20?,21?,22?,25?,26-;/m0./s1. The topological polar surface area (TPSA) is 66.4 Å². The molecule has 0 aliphatic heterocycles. The first-order chi connectivity index (χ1) is 15.2. The molecule has 0 aromatic rings. The van der Waals surface area contributed by atoms with Gasteiger partial charge in [-0.1, -0.05) is 41.0 Å². The third kappa shape index (κ3) is 6.15. The smallest absolute Gasteiger partial charge is 0.220 e. The van der Waals surface area contributed by atoms with Gasteiger partial charge in [-0.25, -0.2) is 0 Å². The highest BCUT2D eigenvalue weighted by Crippen LogP contribution is 2.60. The Morgan fingerprint density at radius 3 is 2.50 bits per heavy atom. The van der Waals surface area contributed by atoms with Crippen LogP contribution in [0, 0.1) is 40.9 Å². The SMILES string of the molecule is CC.CCC1C(CC(C)CCC(=O)NC(C)C)CCC2C1C(=O)C[C@@H]1CC(O)CC[C@]21C. The molecule has 0 saturated heterocycles. The molecule has 3 aliphatic carbocycles. The monoisotopic (exact) mass is 449 g/mol. The van der Waals surface area contributed by atoms with Crippen molar-refractivity contribution in [1.82, 2.24) is 5.32 Å². The lowest BCUT2D eigenvalue weighted by molar-refractivity contribution is -0.155. The van der Waals surface area contributed by atoms with Gasteiger partial charge in [0, 0.05) is 24.8 Å². The zero-order valence-corrected chi connectivity index (χ0v) is 22.0. The number of rotatable bonds is 7. The van der Waals surface area contributed by atoms with Gasteiger partial charge in [0.05, 0.1) is 6.10 Å². The van der Waals surface area contributed by atoms with Crippen molar-refractivity contribution in [2.24, 2.45) is 40.9 Å². The van der Waals surface area contributed by atoms with E-state index >= 15 is 0 Å². The number of fused-ring (bicyclic) bond motifs is 3. The molecule has 3 aliphatic rings. The maximum Gasteiger partial charge on any atom is 0.220 e.